The predicted octanol–water partition coefficient (Wildman–Crippen LogP) is 13.2. The van der Waals surface area contributed by atoms with Gasteiger partial charge < -0.3 is 0 Å². The van der Waals surface area contributed by atoms with Gasteiger partial charge in [0.25, 0.3) is 0 Å². The second-order valence-corrected chi connectivity index (χ2v) is 13.6. The maximum absolute atomic E-state index is 4.97. The van der Waals surface area contributed by atoms with Crippen LogP contribution in [0.3, 0.4) is 0 Å². The van der Waals surface area contributed by atoms with E-state index in [1.165, 1.54) is 125 Å². The second-order valence-electron chi connectivity index (χ2n) is 13.6. The van der Waals surface area contributed by atoms with Crippen molar-refractivity contribution >= 4 is 0 Å². The number of hydrogen-bond donors (Lipinski definition) is 2. The summed E-state index contributed by atoms with van der Waals surface area (Å²) in [5, 5.41) is 16.8. The zero-order valence-corrected chi connectivity index (χ0v) is 29.7. The summed E-state index contributed by atoms with van der Waals surface area (Å²) in [6, 6.07) is 30.3. The molecule has 0 aliphatic rings. The largest absolute Gasteiger partial charge is 0.277 e. The number of unbranched alkanes of at least 4 members (excludes halogenated alkanes) is 14. The van der Waals surface area contributed by atoms with Gasteiger partial charge in [-0.3, -0.25) is 10.2 Å². The van der Waals surface area contributed by atoms with Crippen molar-refractivity contribution in [2.75, 3.05) is 0 Å². The highest BCUT2D eigenvalue weighted by Gasteiger charge is 2.20. The lowest BCUT2D eigenvalue weighted by Crippen LogP contribution is -1.94. The molecule has 2 aromatic heterocycles. The molecule has 0 atom stereocenters. The Hall–Kier alpha value is -3.92. The van der Waals surface area contributed by atoms with Crippen molar-refractivity contribution < 1.29 is 0 Å². The molecule has 5 aromatic rings. The molecule has 0 saturated carbocycles. The van der Waals surface area contributed by atoms with Crippen LogP contribution in [0.2, 0.25) is 0 Å². The fourth-order valence-corrected chi connectivity index (χ4v) is 7.07. The summed E-state index contributed by atoms with van der Waals surface area (Å²) < 4.78 is 0. The highest BCUT2D eigenvalue weighted by molar-refractivity contribution is 5.79. The number of rotatable bonds is 22. The third-order valence-corrected chi connectivity index (χ3v) is 9.83. The van der Waals surface area contributed by atoms with Crippen LogP contribution in [0.4, 0.5) is 0 Å². The van der Waals surface area contributed by atoms with Gasteiger partial charge >= 0.3 is 0 Å². The summed E-state index contributed by atoms with van der Waals surface area (Å²) in [4.78, 5) is 0. The molecule has 0 fully saturated rings. The zero-order chi connectivity index (χ0) is 33.2. The number of H-pyrrole nitrogens is 2. The molecule has 0 spiro atoms. The molecule has 5 rings (SSSR count). The number of nitrogens with one attached hydrogen (secondary N) is 2. The summed E-state index contributed by atoms with van der Waals surface area (Å²) >= 11 is 0. The first-order chi connectivity index (χ1) is 23.8. The van der Waals surface area contributed by atoms with Crippen LogP contribution >= 0.6 is 0 Å². The Morgan fingerprint density at radius 3 is 1.15 bits per heavy atom. The topological polar surface area (TPSA) is 57.4 Å². The Bertz CT molecular complexity index is 1480. The van der Waals surface area contributed by atoms with E-state index >= 15 is 0 Å². The van der Waals surface area contributed by atoms with Gasteiger partial charge in [0.05, 0.1) is 22.8 Å². The van der Waals surface area contributed by atoms with Crippen molar-refractivity contribution in [2.24, 2.45) is 0 Å². The van der Waals surface area contributed by atoms with Crippen molar-refractivity contribution in [1.82, 2.24) is 20.4 Å². The smallest absolute Gasteiger partial charge is 0.0959 e. The normalized spacial score (nSPS) is 11.4. The van der Waals surface area contributed by atoms with Gasteiger partial charge in [0.2, 0.25) is 0 Å². The SMILES string of the molecule is CCCCCCCCCCc1c(-c2cccc(-c3n[nH]c(-c4ccccc4)c3CCCCCCCCCC)c2)n[nH]c1-c1ccccc1. The van der Waals surface area contributed by atoms with Crippen LogP contribution in [0.25, 0.3) is 45.0 Å². The van der Waals surface area contributed by atoms with Crippen LogP contribution in [0.15, 0.2) is 84.9 Å². The first kappa shape index (κ1) is 35.4. The van der Waals surface area contributed by atoms with E-state index in [1.54, 1.807) is 0 Å². The van der Waals surface area contributed by atoms with Crippen LogP contribution in [0.5, 0.6) is 0 Å². The number of nitrogens with zero attached hydrogens (tertiary/aromatic N) is 2. The van der Waals surface area contributed by atoms with E-state index in [0.29, 0.717) is 0 Å². The zero-order valence-electron chi connectivity index (χ0n) is 29.7. The fraction of sp³-hybridized carbons (Fsp3) is 0.455. The van der Waals surface area contributed by atoms with E-state index in [4.69, 9.17) is 10.2 Å². The molecule has 0 radical (unpaired) electrons. The number of hydrogen-bond acceptors (Lipinski definition) is 2. The fourth-order valence-electron chi connectivity index (χ4n) is 7.07. The number of benzene rings is 3. The minimum Gasteiger partial charge on any atom is -0.277 e. The maximum atomic E-state index is 4.97. The molecule has 48 heavy (non-hydrogen) atoms. The molecule has 0 aliphatic carbocycles. The molecule has 4 heteroatoms. The van der Waals surface area contributed by atoms with Gasteiger partial charge in [-0.1, -0.05) is 183 Å². The van der Waals surface area contributed by atoms with Crippen molar-refractivity contribution in [2.45, 2.75) is 129 Å². The minimum absolute atomic E-state index is 1.03. The third-order valence-electron chi connectivity index (χ3n) is 9.83. The van der Waals surface area contributed by atoms with Crippen molar-refractivity contribution in [3.63, 3.8) is 0 Å². The molecule has 2 N–H and O–H groups in total. The first-order valence-corrected chi connectivity index (χ1v) is 19.2. The first-order valence-electron chi connectivity index (χ1n) is 19.2. The molecule has 4 nitrogen and oxygen atoms in total. The van der Waals surface area contributed by atoms with Crippen LogP contribution in [-0.4, -0.2) is 20.4 Å². The quantitative estimate of drug-likeness (QED) is 0.0738. The Kier molecular flexibility index (Phi) is 14.6. The lowest BCUT2D eigenvalue weighted by Gasteiger charge is -2.10. The van der Waals surface area contributed by atoms with Gasteiger partial charge in [-0.05, 0) is 42.9 Å². The molecular formula is C44H58N4. The lowest BCUT2D eigenvalue weighted by molar-refractivity contribution is 0.576. The summed E-state index contributed by atoms with van der Waals surface area (Å²) in [5.41, 5.74) is 11.8. The van der Waals surface area contributed by atoms with Gasteiger partial charge in [-0.25, -0.2) is 0 Å². The standard InChI is InChI=1S/C44H58N4/c1-3-5-7-9-11-13-15-23-32-39-41(35-26-19-17-20-27-35)45-47-43(39)37-30-25-31-38(34-37)44-40(33-24-16-14-12-10-8-6-4-2)42(46-48-44)36-28-21-18-22-29-36/h17-22,25-31,34H,3-16,23-24,32-33H2,1-2H3,(H,45,47)(H,46,48). The van der Waals surface area contributed by atoms with Gasteiger partial charge in [0.15, 0.2) is 0 Å². The van der Waals surface area contributed by atoms with Gasteiger partial charge in [0.1, 0.15) is 0 Å². The highest BCUT2D eigenvalue weighted by atomic mass is 15.1. The van der Waals surface area contributed by atoms with Crippen LogP contribution in [0, 0.1) is 0 Å². The van der Waals surface area contributed by atoms with E-state index < -0.39 is 0 Å². The molecule has 0 saturated heterocycles. The maximum Gasteiger partial charge on any atom is 0.0959 e. The van der Waals surface area contributed by atoms with Crippen LogP contribution in [-0.2, 0) is 12.8 Å². The Balaban J connectivity index is 1.37. The summed E-state index contributed by atoms with van der Waals surface area (Å²) in [6.07, 6.45) is 23.1. The molecular weight excluding hydrogens is 585 g/mol. The molecule has 254 valence electrons. The summed E-state index contributed by atoms with van der Waals surface area (Å²) in [6.45, 7) is 4.58. The average Bonchev–Trinajstić information content (AvgIpc) is 3.76. The Labute approximate surface area is 290 Å². The summed E-state index contributed by atoms with van der Waals surface area (Å²) in [5.74, 6) is 0. The van der Waals surface area contributed by atoms with Crippen molar-refractivity contribution in [3.05, 3.63) is 96.1 Å². The van der Waals surface area contributed by atoms with Crippen LogP contribution in [0.1, 0.15) is 128 Å². The van der Waals surface area contributed by atoms with E-state index in [2.05, 4.69) is 109 Å². The monoisotopic (exact) mass is 642 g/mol. The number of aromatic nitrogens is 4. The Morgan fingerprint density at radius 1 is 0.396 bits per heavy atom. The summed E-state index contributed by atoms with van der Waals surface area (Å²) in [7, 11) is 0. The lowest BCUT2D eigenvalue weighted by atomic mass is 9.94. The predicted molar refractivity (Wildman–Crippen MR) is 205 cm³/mol. The van der Waals surface area contributed by atoms with E-state index in [9.17, 15) is 0 Å². The van der Waals surface area contributed by atoms with Gasteiger partial charge in [0, 0.05) is 22.3 Å². The molecule has 3 aromatic carbocycles. The highest BCUT2D eigenvalue weighted by Crippen LogP contribution is 2.36. The van der Waals surface area contributed by atoms with E-state index in [0.717, 1.165) is 46.7 Å². The molecule has 2 heterocycles. The molecule has 0 aliphatic heterocycles. The van der Waals surface area contributed by atoms with Crippen molar-refractivity contribution in [3.8, 4) is 45.0 Å². The minimum atomic E-state index is 1.03. The molecule has 0 amide bonds. The van der Waals surface area contributed by atoms with Gasteiger partial charge in [-0.15, -0.1) is 0 Å². The third kappa shape index (κ3) is 10.0. The number of aromatic amines is 2. The molecule has 0 unspecified atom stereocenters. The van der Waals surface area contributed by atoms with E-state index in [1.807, 2.05) is 0 Å². The second kappa shape index (κ2) is 19.8. The van der Waals surface area contributed by atoms with Crippen LogP contribution < -0.4 is 0 Å². The van der Waals surface area contributed by atoms with E-state index in [-0.39, 0.29) is 0 Å². The van der Waals surface area contributed by atoms with Gasteiger partial charge in [-0.2, -0.15) is 10.2 Å². The molecule has 0 bridgehead atoms. The Morgan fingerprint density at radius 2 is 0.750 bits per heavy atom. The average molecular weight is 643 g/mol. The van der Waals surface area contributed by atoms with Crippen molar-refractivity contribution in [1.29, 1.82) is 0 Å².